The fourth-order valence-electron chi connectivity index (χ4n) is 6.88. The van der Waals surface area contributed by atoms with Crippen LogP contribution >= 0.6 is 0 Å². The van der Waals surface area contributed by atoms with E-state index in [9.17, 15) is 9.59 Å². The first-order chi connectivity index (χ1) is 15.4. The average molecular weight is 479 g/mol. The molecular formula is C28H54N4O2. The second-order valence-electron chi connectivity index (χ2n) is 13.9. The Hall–Kier alpha value is -0.980. The molecule has 198 valence electrons. The van der Waals surface area contributed by atoms with E-state index in [2.05, 4.69) is 82.9 Å². The van der Waals surface area contributed by atoms with Gasteiger partial charge in [-0.2, -0.15) is 0 Å². The highest BCUT2D eigenvalue weighted by atomic mass is 16.2. The van der Waals surface area contributed by atoms with Crippen LogP contribution in [0.1, 0.15) is 114 Å². The lowest BCUT2D eigenvalue weighted by Crippen LogP contribution is -2.63. The highest BCUT2D eigenvalue weighted by molar-refractivity contribution is 5.79. The molecule has 2 fully saturated rings. The number of piperidine rings is 2. The molecule has 2 aliphatic rings. The van der Waals surface area contributed by atoms with Crippen LogP contribution in [0, 0.1) is 0 Å². The number of ketones is 1. The van der Waals surface area contributed by atoms with Gasteiger partial charge in [0.1, 0.15) is 5.78 Å². The monoisotopic (exact) mass is 478 g/mol. The summed E-state index contributed by atoms with van der Waals surface area (Å²) < 4.78 is 0. The van der Waals surface area contributed by atoms with E-state index in [0.29, 0.717) is 25.3 Å². The Morgan fingerprint density at radius 2 is 1.15 bits per heavy atom. The van der Waals surface area contributed by atoms with Crippen molar-refractivity contribution in [3.8, 4) is 0 Å². The molecular weight excluding hydrogens is 424 g/mol. The first-order valence-corrected chi connectivity index (χ1v) is 13.5. The number of hydrogen-bond acceptors (Lipinski definition) is 5. The van der Waals surface area contributed by atoms with E-state index in [0.717, 1.165) is 45.2 Å². The van der Waals surface area contributed by atoms with Crippen LogP contribution in [-0.2, 0) is 9.59 Å². The molecule has 0 aromatic heterocycles. The molecule has 2 saturated heterocycles. The molecule has 34 heavy (non-hydrogen) atoms. The quantitative estimate of drug-likeness (QED) is 0.483. The zero-order chi connectivity index (χ0) is 25.9. The maximum absolute atomic E-state index is 13.4. The Morgan fingerprint density at radius 1 is 0.706 bits per heavy atom. The lowest BCUT2D eigenvalue weighted by Gasteiger charge is -2.50. The molecule has 6 heteroatoms. The summed E-state index contributed by atoms with van der Waals surface area (Å²) in [5.74, 6) is 0.379. The van der Waals surface area contributed by atoms with Crippen molar-refractivity contribution in [1.29, 1.82) is 0 Å². The predicted octanol–water partition coefficient (Wildman–Crippen LogP) is 4.51. The molecule has 6 nitrogen and oxygen atoms in total. The van der Waals surface area contributed by atoms with E-state index < -0.39 is 0 Å². The molecule has 0 aliphatic carbocycles. The lowest BCUT2D eigenvalue weighted by molar-refractivity contribution is -0.135. The van der Waals surface area contributed by atoms with Gasteiger partial charge in [-0.05, 0) is 114 Å². The molecule has 2 aliphatic heterocycles. The molecule has 2 heterocycles. The number of carbonyl (C=O) groups is 2. The first-order valence-electron chi connectivity index (χ1n) is 13.5. The van der Waals surface area contributed by atoms with Crippen molar-refractivity contribution in [2.24, 2.45) is 0 Å². The van der Waals surface area contributed by atoms with E-state index in [-0.39, 0.29) is 39.9 Å². The Morgan fingerprint density at radius 3 is 1.59 bits per heavy atom. The molecule has 0 atom stereocenters. The summed E-state index contributed by atoms with van der Waals surface area (Å²) >= 11 is 0. The Bertz CT molecular complexity index is 681. The molecule has 0 aromatic carbocycles. The SMILES string of the molecule is CC(=O)CCCC(=O)N(CCCN(C)C1CC(C)(C)NC(C)(C)C1)C1CC(C)(C)NC(C)(C)C1. The molecule has 0 spiro atoms. The first kappa shape index (κ1) is 29.3. The molecule has 2 rings (SSSR count). The minimum absolute atomic E-state index is 0.00656. The summed E-state index contributed by atoms with van der Waals surface area (Å²) in [4.78, 5) is 29.5. The largest absolute Gasteiger partial charge is 0.340 e. The second-order valence-corrected chi connectivity index (χ2v) is 13.9. The van der Waals surface area contributed by atoms with Crippen molar-refractivity contribution in [1.82, 2.24) is 20.4 Å². The summed E-state index contributed by atoms with van der Waals surface area (Å²) in [7, 11) is 2.25. The number of amides is 1. The van der Waals surface area contributed by atoms with Crippen LogP contribution in [0.3, 0.4) is 0 Å². The van der Waals surface area contributed by atoms with Gasteiger partial charge in [0.15, 0.2) is 0 Å². The third kappa shape index (κ3) is 9.23. The topological polar surface area (TPSA) is 64.7 Å². The van der Waals surface area contributed by atoms with Crippen molar-refractivity contribution in [2.45, 2.75) is 148 Å². The summed E-state index contributed by atoms with van der Waals surface area (Å²) in [6, 6.07) is 0.779. The van der Waals surface area contributed by atoms with Gasteiger partial charge in [0.05, 0.1) is 0 Å². The number of hydrogen-bond donors (Lipinski definition) is 2. The van der Waals surface area contributed by atoms with Gasteiger partial charge >= 0.3 is 0 Å². The van der Waals surface area contributed by atoms with Crippen molar-refractivity contribution in [3.63, 3.8) is 0 Å². The maximum Gasteiger partial charge on any atom is 0.222 e. The molecule has 1 amide bonds. The molecule has 0 bridgehead atoms. The van der Waals surface area contributed by atoms with Crippen LogP contribution in [0.4, 0.5) is 0 Å². The van der Waals surface area contributed by atoms with Crippen molar-refractivity contribution in [2.75, 3.05) is 20.1 Å². The summed E-state index contributed by atoms with van der Waals surface area (Å²) in [5.41, 5.74) is 0.248. The zero-order valence-corrected chi connectivity index (χ0v) is 23.9. The fourth-order valence-corrected chi connectivity index (χ4v) is 6.88. The number of carbonyl (C=O) groups excluding carboxylic acids is 2. The normalized spacial score (nSPS) is 24.2. The number of rotatable bonds is 10. The Balaban J connectivity index is 2.05. The van der Waals surface area contributed by atoms with Gasteiger partial charge in [-0.3, -0.25) is 4.79 Å². The van der Waals surface area contributed by atoms with E-state index >= 15 is 0 Å². The van der Waals surface area contributed by atoms with Gasteiger partial charge in [-0.25, -0.2) is 0 Å². The highest BCUT2D eigenvalue weighted by Crippen LogP contribution is 2.33. The van der Waals surface area contributed by atoms with E-state index in [1.807, 2.05) is 0 Å². The van der Waals surface area contributed by atoms with Gasteiger partial charge in [0.2, 0.25) is 5.91 Å². The van der Waals surface area contributed by atoms with Gasteiger partial charge in [0.25, 0.3) is 0 Å². The third-order valence-corrected chi connectivity index (χ3v) is 7.55. The zero-order valence-electron chi connectivity index (χ0n) is 23.9. The molecule has 0 saturated carbocycles. The minimum Gasteiger partial charge on any atom is -0.340 e. The van der Waals surface area contributed by atoms with Crippen LogP contribution in [0.25, 0.3) is 0 Å². The summed E-state index contributed by atoms with van der Waals surface area (Å²) in [6.07, 6.45) is 6.78. The Labute approximate surface area is 210 Å². The number of nitrogens with one attached hydrogen (secondary N) is 2. The smallest absolute Gasteiger partial charge is 0.222 e. The lowest BCUT2D eigenvalue weighted by atomic mass is 9.78. The van der Waals surface area contributed by atoms with Crippen LogP contribution in [0.15, 0.2) is 0 Å². The fraction of sp³-hybridized carbons (Fsp3) is 0.929. The van der Waals surface area contributed by atoms with E-state index in [1.54, 1.807) is 6.92 Å². The summed E-state index contributed by atoms with van der Waals surface area (Å²) in [5, 5.41) is 7.53. The highest BCUT2D eigenvalue weighted by Gasteiger charge is 2.41. The average Bonchev–Trinajstić information content (AvgIpc) is 2.59. The van der Waals surface area contributed by atoms with Gasteiger partial charge in [-0.1, -0.05) is 0 Å². The standard InChI is InChI=1S/C28H54N4O2/c1-21(33)13-11-14-24(34)32(23-19-27(6,7)30-28(8,9)20-23)16-12-15-31(10)22-17-25(2,3)29-26(4,5)18-22/h22-23,29-30H,11-20H2,1-10H3. The van der Waals surface area contributed by atoms with Crippen LogP contribution < -0.4 is 10.6 Å². The van der Waals surface area contributed by atoms with Gasteiger partial charge in [0, 0.05) is 53.6 Å². The van der Waals surface area contributed by atoms with Crippen molar-refractivity contribution in [3.05, 3.63) is 0 Å². The molecule has 0 unspecified atom stereocenters. The second kappa shape index (κ2) is 11.0. The maximum atomic E-state index is 13.4. The molecule has 0 aromatic rings. The van der Waals surface area contributed by atoms with Crippen molar-refractivity contribution < 1.29 is 9.59 Å². The van der Waals surface area contributed by atoms with Gasteiger partial charge < -0.3 is 25.2 Å². The van der Waals surface area contributed by atoms with E-state index in [1.165, 1.54) is 0 Å². The van der Waals surface area contributed by atoms with Crippen LogP contribution in [0.2, 0.25) is 0 Å². The van der Waals surface area contributed by atoms with Crippen LogP contribution in [-0.4, -0.2) is 75.9 Å². The minimum atomic E-state index is -0.00656. The number of nitrogens with zero attached hydrogens (tertiary/aromatic N) is 2. The van der Waals surface area contributed by atoms with Crippen molar-refractivity contribution >= 4 is 11.7 Å². The van der Waals surface area contributed by atoms with Gasteiger partial charge in [-0.15, -0.1) is 0 Å². The Kier molecular flexibility index (Phi) is 9.43. The summed E-state index contributed by atoms with van der Waals surface area (Å²) in [6.45, 7) is 21.6. The number of Topliss-reactive ketones (excluding diaryl/α,β-unsaturated/α-hetero) is 1. The molecule has 0 radical (unpaired) electrons. The van der Waals surface area contributed by atoms with Crippen LogP contribution in [0.5, 0.6) is 0 Å². The third-order valence-electron chi connectivity index (χ3n) is 7.55. The molecule has 2 N–H and O–H groups in total. The predicted molar refractivity (Wildman–Crippen MR) is 142 cm³/mol. The van der Waals surface area contributed by atoms with E-state index in [4.69, 9.17) is 0 Å².